The van der Waals surface area contributed by atoms with Crippen LogP contribution in [0, 0.1) is 5.92 Å². The van der Waals surface area contributed by atoms with Gasteiger partial charge in [0, 0.05) is 11.9 Å². The quantitative estimate of drug-likeness (QED) is 0.816. The van der Waals surface area contributed by atoms with E-state index in [0.29, 0.717) is 24.0 Å². The fourth-order valence-corrected chi connectivity index (χ4v) is 3.45. The van der Waals surface area contributed by atoms with Gasteiger partial charge < -0.3 is 15.0 Å². The lowest BCUT2D eigenvalue weighted by Crippen LogP contribution is -2.21. The Morgan fingerprint density at radius 3 is 2.96 bits per heavy atom. The van der Waals surface area contributed by atoms with Crippen molar-refractivity contribution in [1.82, 2.24) is 4.98 Å². The number of hydrogen-bond acceptors (Lipinski definition) is 3. The minimum absolute atomic E-state index is 0.0125. The Kier molecular flexibility index (Phi) is 6.12. The first kappa shape index (κ1) is 18.7. The van der Waals surface area contributed by atoms with Gasteiger partial charge in [-0.3, -0.25) is 9.59 Å². The second kappa shape index (κ2) is 8.52. The molecule has 1 aromatic heterocycles. The molecule has 1 amide bonds. The summed E-state index contributed by atoms with van der Waals surface area (Å²) >= 11 is 5.77. The zero-order chi connectivity index (χ0) is 18.5. The van der Waals surface area contributed by atoms with E-state index in [1.807, 2.05) is 24.3 Å². The fraction of sp³-hybridized carbons (Fsp3) is 0.400. The number of amides is 1. The first-order chi connectivity index (χ1) is 12.5. The largest absolute Gasteiger partial charge is 0.374 e. The van der Waals surface area contributed by atoms with E-state index in [-0.39, 0.29) is 10.9 Å². The first-order valence-corrected chi connectivity index (χ1v) is 9.29. The summed E-state index contributed by atoms with van der Waals surface area (Å²) < 4.78 is 6.04. The van der Waals surface area contributed by atoms with Crippen LogP contribution in [0.25, 0.3) is 0 Å². The van der Waals surface area contributed by atoms with Crippen LogP contribution in [0.1, 0.15) is 48.5 Å². The molecule has 6 heteroatoms. The molecule has 0 radical (unpaired) electrons. The number of rotatable bonds is 5. The molecule has 0 saturated heterocycles. The van der Waals surface area contributed by atoms with E-state index in [9.17, 15) is 9.59 Å². The number of carbonyl (C=O) groups excluding carboxylic acids is 1. The van der Waals surface area contributed by atoms with Gasteiger partial charge in [0.25, 0.3) is 11.5 Å². The summed E-state index contributed by atoms with van der Waals surface area (Å²) in [5, 5.41) is 2.80. The Hall–Kier alpha value is -2.11. The summed E-state index contributed by atoms with van der Waals surface area (Å²) in [6, 6.07) is 8.94. The zero-order valence-corrected chi connectivity index (χ0v) is 15.5. The van der Waals surface area contributed by atoms with Gasteiger partial charge >= 0.3 is 0 Å². The number of nitrogens with one attached hydrogen (secondary N) is 2. The number of aromatic amines is 1. The Bertz CT molecular complexity index is 834. The molecule has 5 nitrogen and oxygen atoms in total. The van der Waals surface area contributed by atoms with E-state index in [1.54, 1.807) is 0 Å². The van der Waals surface area contributed by atoms with E-state index < -0.39 is 5.56 Å². The molecule has 138 valence electrons. The van der Waals surface area contributed by atoms with Gasteiger partial charge in [0.15, 0.2) is 0 Å². The summed E-state index contributed by atoms with van der Waals surface area (Å²) in [4.78, 5) is 26.0. The SMILES string of the molecule is CC1CCCC(OCc2cccc(NC(=O)c3c[nH]c(=O)c(Cl)c3)c2)C1. The third-order valence-electron chi connectivity index (χ3n) is 4.68. The second-order valence-electron chi connectivity index (χ2n) is 6.92. The average Bonchev–Trinajstić information content (AvgIpc) is 2.62. The number of pyridine rings is 1. The van der Waals surface area contributed by atoms with E-state index in [4.69, 9.17) is 16.3 Å². The number of hydrogen-bond donors (Lipinski definition) is 2. The van der Waals surface area contributed by atoms with Crippen LogP contribution in [0.15, 0.2) is 41.3 Å². The third kappa shape index (κ3) is 4.96. The van der Waals surface area contributed by atoms with Crippen LogP contribution in [-0.4, -0.2) is 17.0 Å². The number of H-pyrrole nitrogens is 1. The van der Waals surface area contributed by atoms with Crippen LogP contribution < -0.4 is 10.9 Å². The maximum absolute atomic E-state index is 12.3. The molecule has 1 aliphatic carbocycles. The van der Waals surface area contributed by atoms with Crippen molar-refractivity contribution in [2.45, 2.75) is 45.3 Å². The molecule has 3 rings (SSSR count). The predicted molar refractivity (Wildman–Crippen MR) is 103 cm³/mol. The summed E-state index contributed by atoms with van der Waals surface area (Å²) in [5.41, 5.74) is 1.57. The number of carbonyl (C=O) groups is 1. The lowest BCUT2D eigenvalue weighted by Gasteiger charge is -2.26. The van der Waals surface area contributed by atoms with Crippen molar-refractivity contribution in [1.29, 1.82) is 0 Å². The summed E-state index contributed by atoms with van der Waals surface area (Å²) in [5.74, 6) is 0.394. The first-order valence-electron chi connectivity index (χ1n) is 8.91. The van der Waals surface area contributed by atoms with E-state index in [0.717, 1.165) is 24.3 Å². The molecule has 2 unspecified atom stereocenters. The molecule has 2 N–H and O–H groups in total. The molecular weight excluding hydrogens is 352 g/mol. The van der Waals surface area contributed by atoms with E-state index in [2.05, 4.69) is 17.2 Å². The number of aromatic nitrogens is 1. The van der Waals surface area contributed by atoms with Crippen molar-refractivity contribution in [2.75, 3.05) is 5.32 Å². The van der Waals surface area contributed by atoms with E-state index >= 15 is 0 Å². The van der Waals surface area contributed by atoms with Gasteiger partial charge in [-0.2, -0.15) is 0 Å². The van der Waals surface area contributed by atoms with Gasteiger partial charge in [0.2, 0.25) is 0 Å². The van der Waals surface area contributed by atoms with Gasteiger partial charge in [0.1, 0.15) is 5.02 Å². The Morgan fingerprint density at radius 1 is 1.35 bits per heavy atom. The highest BCUT2D eigenvalue weighted by Crippen LogP contribution is 2.26. The van der Waals surface area contributed by atoms with Gasteiger partial charge in [0.05, 0.1) is 18.3 Å². The van der Waals surface area contributed by atoms with Crippen molar-refractivity contribution in [2.24, 2.45) is 5.92 Å². The maximum Gasteiger partial charge on any atom is 0.266 e. The molecule has 1 aromatic carbocycles. The van der Waals surface area contributed by atoms with Gasteiger partial charge in [-0.05, 0) is 42.5 Å². The summed E-state index contributed by atoms with van der Waals surface area (Å²) in [7, 11) is 0. The molecule has 2 aromatic rings. The van der Waals surface area contributed by atoms with Crippen LogP contribution in [0.2, 0.25) is 5.02 Å². The third-order valence-corrected chi connectivity index (χ3v) is 4.96. The molecule has 0 aliphatic heterocycles. The highest BCUT2D eigenvalue weighted by Gasteiger charge is 2.19. The molecule has 1 heterocycles. The van der Waals surface area contributed by atoms with E-state index in [1.165, 1.54) is 25.1 Å². The predicted octanol–water partition coefficient (Wildman–Crippen LogP) is 4.38. The Morgan fingerprint density at radius 2 is 2.19 bits per heavy atom. The van der Waals surface area contributed by atoms with Crippen molar-refractivity contribution in [3.63, 3.8) is 0 Å². The van der Waals surface area contributed by atoms with Gasteiger partial charge in [-0.15, -0.1) is 0 Å². The highest BCUT2D eigenvalue weighted by molar-refractivity contribution is 6.30. The van der Waals surface area contributed by atoms with Crippen LogP contribution in [0.3, 0.4) is 0 Å². The molecular formula is C20H23ClN2O3. The minimum Gasteiger partial charge on any atom is -0.374 e. The molecule has 1 aliphatic rings. The monoisotopic (exact) mass is 374 g/mol. The van der Waals surface area contributed by atoms with Gasteiger partial charge in [-0.1, -0.05) is 43.5 Å². The van der Waals surface area contributed by atoms with Crippen molar-refractivity contribution in [3.05, 3.63) is 63.0 Å². The molecule has 26 heavy (non-hydrogen) atoms. The Labute approximate surface area is 157 Å². The van der Waals surface area contributed by atoms with Crippen molar-refractivity contribution < 1.29 is 9.53 Å². The number of anilines is 1. The number of ether oxygens (including phenoxy) is 1. The maximum atomic E-state index is 12.3. The summed E-state index contributed by atoms with van der Waals surface area (Å²) in [6.07, 6.45) is 6.41. The Balaban J connectivity index is 1.60. The van der Waals surface area contributed by atoms with Crippen molar-refractivity contribution in [3.8, 4) is 0 Å². The highest BCUT2D eigenvalue weighted by atomic mass is 35.5. The average molecular weight is 375 g/mol. The lowest BCUT2D eigenvalue weighted by molar-refractivity contribution is 0.00468. The summed E-state index contributed by atoms with van der Waals surface area (Å²) in [6.45, 7) is 2.81. The van der Waals surface area contributed by atoms with Crippen LogP contribution in [0.5, 0.6) is 0 Å². The normalized spacial score (nSPS) is 19.9. The zero-order valence-electron chi connectivity index (χ0n) is 14.8. The molecule has 0 spiro atoms. The standard InChI is InChI=1S/C20H23ClN2O3/c1-13-4-2-7-17(8-13)26-12-14-5-3-6-16(9-14)23-19(24)15-10-18(21)20(25)22-11-15/h3,5-6,9-11,13,17H,2,4,7-8,12H2,1H3,(H,22,25)(H,23,24). The van der Waals surface area contributed by atoms with Crippen LogP contribution in [0.4, 0.5) is 5.69 Å². The fourth-order valence-electron chi connectivity index (χ4n) is 3.27. The number of benzene rings is 1. The van der Waals surface area contributed by atoms with Crippen LogP contribution in [-0.2, 0) is 11.3 Å². The van der Waals surface area contributed by atoms with Gasteiger partial charge in [-0.25, -0.2) is 0 Å². The minimum atomic E-state index is -0.417. The second-order valence-corrected chi connectivity index (χ2v) is 7.33. The lowest BCUT2D eigenvalue weighted by atomic mass is 9.89. The topological polar surface area (TPSA) is 71.2 Å². The molecule has 0 bridgehead atoms. The molecule has 1 fully saturated rings. The molecule has 1 saturated carbocycles. The molecule has 2 atom stereocenters. The number of halogens is 1. The van der Waals surface area contributed by atoms with Crippen LogP contribution >= 0.6 is 11.6 Å². The van der Waals surface area contributed by atoms with Crippen molar-refractivity contribution >= 4 is 23.2 Å². The smallest absolute Gasteiger partial charge is 0.266 e.